The van der Waals surface area contributed by atoms with Crippen LogP contribution in [0.3, 0.4) is 0 Å². The quantitative estimate of drug-likeness (QED) is 0.636. The molecule has 1 heterocycles. The van der Waals surface area contributed by atoms with Gasteiger partial charge in [-0.3, -0.25) is 4.79 Å². The van der Waals surface area contributed by atoms with Gasteiger partial charge in [0, 0.05) is 38.3 Å². The summed E-state index contributed by atoms with van der Waals surface area (Å²) in [4.78, 5) is 15.0. The molecule has 1 aliphatic heterocycles. The summed E-state index contributed by atoms with van der Waals surface area (Å²) in [6, 6.07) is 10.3. The molecule has 2 aromatic carbocycles. The lowest BCUT2D eigenvalue weighted by atomic mass is 9.95. The number of hydrogen-bond donors (Lipinski definition) is 2. The highest BCUT2D eigenvalue weighted by molar-refractivity contribution is 7.89. The first-order chi connectivity index (χ1) is 15.1. The molecule has 1 atom stereocenters. The molecular formula is C25H35N3O3S. The Hall–Kier alpha value is -2.38. The van der Waals surface area contributed by atoms with E-state index in [1.54, 1.807) is 0 Å². The molecule has 1 unspecified atom stereocenters. The summed E-state index contributed by atoms with van der Waals surface area (Å²) in [5, 5.41) is 2.97. The Morgan fingerprint density at radius 1 is 0.969 bits per heavy atom. The van der Waals surface area contributed by atoms with E-state index < -0.39 is 10.0 Å². The van der Waals surface area contributed by atoms with Crippen molar-refractivity contribution in [2.75, 3.05) is 31.1 Å². The van der Waals surface area contributed by atoms with Gasteiger partial charge >= 0.3 is 0 Å². The Labute approximate surface area is 192 Å². The van der Waals surface area contributed by atoms with Crippen LogP contribution in [0.15, 0.2) is 35.2 Å². The van der Waals surface area contributed by atoms with Crippen LogP contribution in [0.5, 0.6) is 0 Å². The van der Waals surface area contributed by atoms with E-state index >= 15 is 0 Å². The van der Waals surface area contributed by atoms with Gasteiger partial charge in [0.1, 0.15) is 0 Å². The average molecular weight is 458 g/mol. The molecule has 6 nitrogen and oxygen atoms in total. The minimum atomic E-state index is -3.68. The zero-order valence-electron chi connectivity index (χ0n) is 19.8. The van der Waals surface area contributed by atoms with Gasteiger partial charge in [-0.2, -0.15) is 0 Å². The second kappa shape index (κ2) is 10.0. The number of nitrogens with zero attached hydrogens (tertiary/aromatic N) is 1. The van der Waals surface area contributed by atoms with Gasteiger partial charge in [-0.15, -0.1) is 0 Å². The topological polar surface area (TPSA) is 78.5 Å². The van der Waals surface area contributed by atoms with Crippen molar-refractivity contribution in [3.05, 3.63) is 58.1 Å². The summed E-state index contributed by atoms with van der Waals surface area (Å²) >= 11 is 0. The van der Waals surface area contributed by atoms with E-state index in [4.69, 9.17) is 0 Å². The third-order valence-corrected chi connectivity index (χ3v) is 8.57. The van der Waals surface area contributed by atoms with Crippen LogP contribution in [0.2, 0.25) is 0 Å². The minimum absolute atomic E-state index is 0.0832. The molecule has 1 saturated heterocycles. The van der Waals surface area contributed by atoms with Crippen LogP contribution < -0.4 is 14.9 Å². The molecule has 0 radical (unpaired) electrons. The number of rotatable bonds is 8. The van der Waals surface area contributed by atoms with Crippen LogP contribution in [0, 0.1) is 40.5 Å². The third kappa shape index (κ3) is 5.33. The van der Waals surface area contributed by atoms with E-state index in [1.165, 1.54) is 5.69 Å². The van der Waals surface area contributed by atoms with Crippen molar-refractivity contribution >= 4 is 21.6 Å². The molecule has 0 saturated carbocycles. The van der Waals surface area contributed by atoms with Gasteiger partial charge in [0.05, 0.1) is 4.90 Å². The molecule has 3 rings (SSSR count). The van der Waals surface area contributed by atoms with Gasteiger partial charge in [0.2, 0.25) is 15.9 Å². The highest BCUT2D eigenvalue weighted by Gasteiger charge is 2.25. The lowest BCUT2D eigenvalue weighted by molar-refractivity contribution is -0.121. The Morgan fingerprint density at radius 3 is 2.19 bits per heavy atom. The molecule has 0 aromatic heterocycles. The summed E-state index contributed by atoms with van der Waals surface area (Å²) < 4.78 is 28.5. The normalized spacial score (nSPS) is 16.4. The third-order valence-electron chi connectivity index (χ3n) is 6.84. The smallest absolute Gasteiger partial charge is 0.241 e. The summed E-state index contributed by atoms with van der Waals surface area (Å²) in [6.45, 7) is 12.2. The maximum atomic E-state index is 13.0. The molecule has 1 aliphatic rings. The van der Waals surface area contributed by atoms with Gasteiger partial charge in [0.15, 0.2) is 0 Å². The molecule has 1 fully saturated rings. The Bertz CT molecular complexity index is 1050. The van der Waals surface area contributed by atoms with E-state index in [9.17, 15) is 13.2 Å². The Morgan fingerprint density at radius 2 is 1.56 bits per heavy atom. The van der Waals surface area contributed by atoms with Crippen molar-refractivity contribution in [1.29, 1.82) is 0 Å². The predicted molar refractivity (Wildman–Crippen MR) is 130 cm³/mol. The molecule has 7 heteroatoms. The highest BCUT2D eigenvalue weighted by Crippen LogP contribution is 2.29. The van der Waals surface area contributed by atoms with Crippen LogP contribution in [0.1, 0.15) is 40.7 Å². The molecule has 0 spiro atoms. The maximum absolute atomic E-state index is 13.0. The SMILES string of the molecule is Cc1c(C)c(C)c(S(=O)(=O)NCCC(=O)NCC2CCN(c3ccccc3)C2)c(C)c1C. The molecule has 0 aliphatic carbocycles. The number of hydrogen-bond acceptors (Lipinski definition) is 4. The fourth-order valence-electron chi connectivity index (χ4n) is 4.46. The molecule has 32 heavy (non-hydrogen) atoms. The number of sulfonamides is 1. The van der Waals surface area contributed by atoms with Gasteiger partial charge in [-0.1, -0.05) is 18.2 Å². The second-order valence-electron chi connectivity index (χ2n) is 8.84. The van der Waals surface area contributed by atoms with Gasteiger partial charge < -0.3 is 10.2 Å². The Kier molecular flexibility index (Phi) is 7.62. The number of amides is 1. The Balaban J connectivity index is 1.49. The largest absolute Gasteiger partial charge is 0.371 e. The average Bonchev–Trinajstić information content (AvgIpc) is 3.24. The molecule has 174 valence electrons. The monoisotopic (exact) mass is 457 g/mol. The van der Waals surface area contributed by atoms with Crippen molar-refractivity contribution < 1.29 is 13.2 Å². The summed E-state index contributed by atoms with van der Waals surface area (Å²) in [7, 11) is -3.68. The number of nitrogens with one attached hydrogen (secondary N) is 2. The van der Waals surface area contributed by atoms with Crippen molar-refractivity contribution in [1.82, 2.24) is 10.0 Å². The zero-order valence-corrected chi connectivity index (χ0v) is 20.6. The number of carbonyl (C=O) groups is 1. The van der Waals surface area contributed by atoms with Crippen molar-refractivity contribution in [3.8, 4) is 0 Å². The van der Waals surface area contributed by atoms with E-state index in [0.717, 1.165) is 47.3 Å². The van der Waals surface area contributed by atoms with Crippen LogP contribution in [-0.2, 0) is 14.8 Å². The molecule has 0 bridgehead atoms. The summed E-state index contributed by atoms with van der Waals surface area (Å²) in [5.74, 6) is 0.273. The first-order valence-electron chi connectivity index (χ1n) is 11.2. The van der Waals surface area contributed by atoms with E-state index in [-0.39, 0.29) is 18.9 Å². The van der Waals surface area contributed by atoms with Crippen molar-refractivity contribution in [3.63, 3.8) is 0 Å². The molecule has 2 aromatic rings. The van der Waals surface area contributed by atoms with Gasteiger partial charge in [0.25, 0.3) is 0 Å². The summed E-state index contributed by atoms with van der Waals surface area (Å²) in [5.41, 5.74) is 5.86. The van der Waals surface area contributed by atoms with Gasteiger partial charge in [-0.25, -0.2) is 13.1 Å². The number of para-hydroxylation sites is 1. The number of carbonyl (C=O) groups excluding carboxylic acids is 1. The minimum Gasteiger partial charge on any atom is -0.371 e. The van der Waals surface area contributed by atoms with Crippen LogP contribution in [0.25, 0.3) is 0 Å². The second-order valence-corrected chi connectivity index (χ2v) is 10.5. The highest BCUT2D eigenvalue weighted by atomic mass is 32.2. The van der Waals surface area contributed by atoms with Gasteiger partial charge in [-0.05, 0) is 86.9 Å². The van der Waals surface area contributed by atoms with Crippen molar-refractivity contribution in [2.24, 2.45) is 5.92 Å². The molecular weight excluding hydrogens is 422 g/mol. The summed E-state index contributed by atoms with van der Waals surface area (Å²) in [6.07, 6.45) is 1.16. The number of benzene rings is 2. The van der Waals surface area contributed by atoms with Crippen LogP contribution in [0.4, 0.5) is 5.69 Å². The van der Waals surface area contributed by atoms with Crippen LogP contribution >= 0.6 is 0 Å². The standard InChI is InChI=1S/C25H35N3O3S/c1-17-18(2)20(4)25(21(5)19(17)3)32(30,31)27-13-11-24(29)26-15-22-12-14-28(16-22)23-9-7-6-8-10-23/h6-10,22,27H,11-16H2,1-5H3,(H,26,29). The maximum Gasteiger partial charge on any atom is 0.241 e. The van der Waals surface area contributed by atoms with E-state index in [0.29, 0.717) is 17.4 Å². The first-order valence-corrected chi connectivity index (χ1v) is 12.7. The lowest BCUT2D eigenvalue weighted by Crippen LogP contribution is -2.34. The first kappa shape index (κ1) is 24.3. The molecule has 1 amide bonds. The molecule has 2 N–H and O–H groups in total. The fraction of sp³-hybridized carbons (Fsp3) is 0.480. The predicted octanol–water partition coefficient (Wildman–Crippen LogP) is 3.54. The van der Waals surface area contributed by atoms with E-state index in [1.807, 2.05) is 52.8 Å². The van der Waals surface area contributed by atoms with Crippen molar-refractivity contribution in [2.45, 2.75) is 52.4 Å². The van der Waals surface area contributed by atoms with Crippen LogP contribution in [-0.4, -0.2) is 40.5 Å². The lowest BCUT2D eigenvalue weighted by Gasteiger charge is -2.19. The zero-order chi connectivity index (χ0) is 23.5. The van der Waals surface area contributed by atoms with E-state index in [2.05, 4.69) is 27.1 Å². The number of anilines is 1. The fourth-order valence-corrected chi connectivity index (χ4v) is 6.09.